The smallest absolute Gasteiger partial charge is 0.227 e. The highest BCUT2D eigenvalue weighted by Crippen LogP contribution is 2.25. The quantitative estimate of drug-likeness (QED) is 0.635. The molecular weight excluding hydrogens is 378 g/mol. The van der Waals surface area contributed by atoms with Gasteiger partial charge in [0.25, 0.3) is 0 Å². The molecule has 0 spiro atoms. The molecule has 0 unspecified atom stereocenters. The zero-order chi connectivity index (χ0) is 21.5. The third kappa shape index (κ3) is 5.35. The van der Waals surface area contributed by atoms with Crippen LogP contribution in [0.5, 0.6) is 5.75 Å². The van der Waals surface area contributed by atoms with Crippen molar-refractivity contribution in [2.45, 2.75) is 51.5 Å². The molecule has 0 radical (unpaired) electrons. The third-order valence-electron chi connectivity index (χ3n) is 5.74. The molecule has 2 aromatic rings. The molecule has 0 N–H and O–H groups in total. The van der Waals surface area contributed by atoms with Crippen LogP contribution in [0.15, 0.2) is 48.5 Å². The number of nitrogens with zero attached hydrogens (tertiary/aromatic N) is 1. The second-order valence-corrected chi connectivity index (χ2v) is 7.84. The van der Waals surface area contributed by atoms with Crippen molar-refractivity contribution in [1.29, 1.82) is 0 Å². The van der Waals surface area contributed by atoms with Crippen molar-refractivity contribution in [2.24, 2.45) is 0 Å². The monoisotopic (exact) mass is 407 g/mol. The predicted octanol–water partition coefficient (Wildman–Crippen LogP) is 4.48. The molecule has 158 valence electrons. The Labute approximate surface area is 178 Å². The van der Waals surface area contributed by atoms with E-state index in [-0.39, 0.29) is 29.9 Å². The maximum atomic E-state index is 13.3. The lowest BCUT2D eigenvalue weighted by Gasteiger charge is -2.30. The van der Waals surface area contributed by atoms with Gasteiger partial charge in [0.2, 0.25) is 5.91 Å². The molecule has 1 heterocycles. The topological polar surface area (TPSA) is 63.7 Å². The number of rotatable bonds is 7. The van der Waals surface area contributed by atoms with Crippen molar-refractivity contribution < 1.29 is 19.1 Å². The summed E-state index contributed by atoms with van der Waals surface area (Å²) >= 11 is 0. The molecule has 1 saturated heterocycles. The van der Waals surface area contributed by atoms with E-state index in [0.29, 0.717) is 35.4 Å². The van der Waals surface area contributed by atoms with Crippen molar-refractivity contribution >= 4 is 17.5 Å². The van der Waals surface area contributed by atoms with Gasteiger partial charge < -0.3 is 9.64 Å². The number of carbonyl (C=O) groups excluding carboxylic acids is 3. The molecule has 1 aliphatic rings. The van der Waals surface area contributed by atoms with Crippen LogP contribution in [0, 0.1) is 0 Å². The molecule has 0 aliphatic carbocycles. The van der Waals surface area contributed by atoms with Gasteiger partial charge in [-0.25, -0.2) is 0 Å². The highest BCUT2D eigenvalue weighted by molar-refractivity contribution is 5.97. The van der Waals surface area contributed by atoms with Gasteiger partial charge in [0.15, 0.2) is 11.6 Å². The highest BCUT2D eigenvalue weighted by atomic mass is 16.5. The van der Waals surface area contributed by atoms with Crippen LogP contribution in [0.1, 0.15) is 65.3 Å². The summed E-state index contributed by atoms with van der Waals surface area (Å²) in [6.45, 7) is 2.16. The minimum atomic E-state index is -0.102. The SMILES string of the molecule is COc1ccc(C(C)=O)cc1CC(=O)N1CCCCC[C@@H]1CC(=O)c1ccccc1. The maximum absolute atomic E-state index is 13.3. The van der Waals surface area contributed by atoms with Gasteiger partial charge in [-0.15, -0.1) is 0 Å². The van der Waals surface area contributed by atoms with Gasteiger partial charge in [0, 0.05) is 35.7 Å². The molecule has 1 aliphatic heterocycles. The van der Waals surface area contributed by atoms with Crippen LogP contribution in [0.2, 0.25) is 0 Å². The first-order chi connectivity index (χ1) is 14.5. The Bertz CT molecular complexity index is 907. The molecular formula is C25H29NO4. The molecule has 0 aromatic heterocycles. The zero-order valence-electron chi connectivity index (χ0n) is 17.7. The molecule has 2 aromatic carbocycles. The van der Waals surface area contributed by atoms with Crippen LogP contribution in [-0.4, -0.2) is 42.1 Å². The van der Waals surface area contributed by atoms with Gasteiger partial charge >= 0.3 is 0 Å². The first-order valence-corrected chi connectivity index (χ1v) is 10.5. The standard InChI is InChI=1S/C25H29NO4/c1-18(27)20-12-13-24(30-2)21(15-20)16-25(29)26-14-8-4-7-11-22(26)17-23(28)19-9-5-3-6-10-19/h3,5-6,9-10,12-13,15,22H,4,7-8,11,14,16-17H2,1-2H3/t22-/m1/s1. The number of hydrogen-bond acceptors (Lipinski definition) is 4. The second kappa shape index (κ2) is 10.2. The Kier molecular flexibility index (Phi) is 7.39. The van der Waals surface area contributed by atoms with E-state index in [1.807, 2.05) is 35.2 Å². The van der Waals surface area contributed by atoms with Crippen molar-refractivity contribution in [3.8, 4) is 5.75 Å². The summed E-state index contributed by atoms with van der Waals surface area (Å²) in [7, 11) is 1.56. The Morgan fingerprint density at radius 2 is 1.77 bits per heavy atom. The summed E-state index contributed by atoms with van der Waals surface area (Å²) in [5, 5.41) is 0. The van der Waals surface area contributed by atoms with E-state index < -0.39 is 0 Å². The van der Waals surface area contributed by atoms with E-state index in [1.54, 1.807) is 25.3 Å². The average molecular weight is 408 g/mol. The predicted molar refractivity (Wildman–Crippen MR) is 116 cm³/mol. The highest BCUT2D eigenvalue weighted by Gasteiger charge is 2.28. The van der Waals surface area contributed by atoms with E-state index in [1.165, 1.54) is 6.92 Å². The van der Waals surface area contributed by atoms with Crippen LogP contribution in [0.4, 0.5) is 0 Å². The number of carbonyl (C=O) groups is 3. The minimum absolute atomic E-state index is 0.0261. The number of likely N-dealkylation sites (tertiary alicyclic amines) is 1. The van der Waals surface area contributed by atoms with Gasteiger partial charge in [0.05, 0.1) is 13.5 Å². The zero-order valence-corrected chi connectivity index (χ0v) is 17.7. The molecule has 1 fully saturated rings. The summed E-state index contributed by atoms with van der Waals surface area (Å²) in [4.78, 5) is 39.7. The molecule has 5 heteroatoms. The molecule has 1 atom stereocenters. The maximum Gasteiger partial charge on any atom is 0.227 e. The fraction of sp³-hybridized carbons (Fsp3) is 0.400. The van der Waals surface area contributed by atoms with Gasteiger partial charge in [-0.05, 0) is 38.0 Å². The van der Waals surface area contributed by atoms with Crippen LogP contribution in [-0.2, 0) is 11.2 Å². The van der Waals surface area contributed by atoms with E-state index in [2.05, 4.69) is 0 Å². The van der Waals surface area contributed by atoms with Crippen LogP contribution < -0.4 is 4.74 Å². The van der Waals surface area contributed by atoms with Gasteiger partial charge in [0.1, 0.15) is 5.75 Å². The van der Waals surface area contributed by atoms with Crippen LogP contribution in [0.25, 0.3) is 0 Å². The van der Waals surface area contributed by atoms with Gasteiger partial charge in [-0.3, -0.25) is 14.4 Å². The number of ether oxygens (including phenoxy) is 1. The van der Waals surface area contributed by atoms with Crippen molar-refractivity contribution in [2.75, 3.05) is 13.7 Å². The fourth-order valence-electron chi connectivity index (χ4n) is 4.07. The summed E-state index contributed by atoms with van der Waals surface area (Å²) in [5.74, 6) is 0.589. The molecule has 30 heavy (non-hydrogen) atoms. The minimum Gasteiger partial charge on any atom is -0.496 e. The largest absolute Gasteiger partial charge is 0.496 e. The number of methoxy groups -OCH3 is 1. The molecule has 0 bridgehead atoms. The number of Topliss-reactive ketones (excluding diaryl/α,β-unsaturated/α-hetero) is 2. The van der Waals surface area contributed by atoms with E-state index >= 15 is 0 Å². The van der Waals surface area contributed by atoms with E-state index in [4.69, 9.17) is 4.74 Å². The number of amides is 1. The lowest BCUT2D eigenvalue weighted by atomic mass is 9.98. The lowest BCUT2D eigenvalue weighted by molar-refractivity contribution is -0.132. The first kappa shape index (κ1) is 21.8. The number of hydrogen-bond donors (Lipinski definition) is 0. The van der Waals surface area contributed by atoms with Crippen molar-refractivity contribution in [3.05, 3.63) is 65.2 Å². The molecule has 3 rings (SSSR count). The van der Waals surface area contributed by atoms with E-state index in [9.17, 15) is 14.4 Å². The van der Waals surface area contributed by atoms with Gasteiger partial charge in [-0.2, -0.15) is 0 Å². The van der Waals surface area contributed by atoms with Crippen LogP contribution in [0.3, 0.4) is 0 Å². The molecule has 1 amide bonds. The summed E-state index contributed by atoms with van der Waals surface area (Å²) in [5.41, 5.74) is 1.95. The Hall–Kier alpha value is -2.95. The second-order valence-electron chi connectivity index (χ2n) is 7.84. The fourth-order valence-corrected chi connectivity index (χ4v) is 4.07. The van der Waals surface area contributed by atoms with Gasteiger partial charge in [-0.1, -0.05) is 43.2 Å². The number of ketones is 2. The summed E-state index contributed by atoms with van der Waals surface area (Å²) in [6.07, 6.45) is 4.32. The first-order valence-electron chi connectivity index (χ1n) is 10.5. The average Bonchev–Trinajstić information content (AvgIpc) is 2.99. The third-order valence-corrected chi connectivity index (χ3v) is 5.74. The van der Waals surface area contributed by atoms with E-state index in [0.717, 1.165) is 25.7 Å². The lowest BCUT2D eigenvalue weighted by Crippen LogP contribution is -2.42. The Morgan fingerprint density at radius 1 is 1.00 bits per heavy atom. The van der Waals surface area contributed by atoms with Crippen molar-refractivity contribution in [1.82, 2.24) is 4.90 Å². The molecule has 0 saturated carbocycles. The summed E-state index contributed by atoms with van der Waals surface area (Å²) < 4.78 is 5.41. The Morgan fingerprint density at radius 3 is 2.47 bits per heavy atom. The normalized spacial score (nSPS) is 16.6. The van der Waals surface area contributed by atoms with Crippen molar-refractivity contribution in [3.63, 3.8) is 0 Å². The Balaban J connectivity index is 1.79. The molecule has 5 nitrogen and oxygen atoms in total. The number of benzene rings is 2. The summed E-state index contributed by atoms with van der Waals surface area (Å²) in [6, 6.07) is 14.3. The van der Waals surface area contributed by atoms with Crippen LogP contribution >= 0.6 is 0 Å².